The Morgan fingerprint density at radius 3 is 2.69 bits per heavy atom. The molecule has 0 spiro atoms. The average molecular weight is 186 g/mol. The van der Waals surface area contributed by atoms with Crippen molar-refractivity contribution in [2.75, 3.05) is 13.2 Å². The van der Waals surface area contributed by atoms with Crippen molar-refractivity contribution in [1.82, 2.24) is 0 Å². The second-order valence-electron chi connectivity index (χ2n) is 4.88. The molecule has 1 fully saturated rings. The van der Waals surface area contributed by atoms with Crippen LogP contribution in [0.15, 0.2) is 0 Å². The van der Waals surface area contributed by atoms with E-state index in [1.165, 1.54) is 6.42 Å². The minimum atomic E-state index is 0.147. The first kappa shape index (κ1) is 11.0. The molecule has 1 saturated carbocycles. The maximum atomic E-state index is 8.64. The Bertz CT molecular complexity index is 154. The van der Waals surface area contributed by atoms with Crippen LogP contribution in [0.4, 0.5) is 0 Å². The fourth-order valence-corrected chi connectivity index (χ4v) is 1.98. The zero-order valence-electron chi connectivity index (χ0n) is 9.05. The molecule has 1 N–H and O–H groups in total. The molecule has 0 aromatic heterocycles. The van der Waals surface area contributed by atoms with E-state index in [0.29, 0.717) is 18.1 Å². The molecule has 0 radical (unpaired) electrons. The minimum absolute atomic E-state index is 0.147. The van der Waals surface area contributed by atoms with Gasteiger partial charge in [-0.05, 0) is 30.6 Å². The van der Waals surface area contributed by atoms with E-state index >= 15 is 0 Å². The molecule has 2 atom stereocenters. The maximum absolute atomic E-state index is 8.64. The smallest absolute Gasteiger partial charge is 0.0701 e. The fourth-order valence-electron chi connectivity index (χ4n) is 1.98. The third-order valence-corrected chi connectivity index (χ3v) is 3.51. The predicted octanol–water partition coefficient (Wildman–Crippen LogP) is 2.21. The van der Waals surface area contributed by atoms with Crippen molar-refractivity contribution < 1.29 is 9.84 Å². The molecule has 0 aliphatic heterocycles. The molecule has 0 amide bonds. The number of aliphatic hydroxyl groups is 1. The fraction of sp³-hybridized carbons (Fsp3) is 1.00. The van der Waals surface area contributed by atoms with Gasteiger partial charge in [-0.15, -0.1) is 0 Å². The Hall–Kier alpha value is -0.0800. The molecule has 0 bridgehead atoms. The summed E-state index contributed by atoms with van der Waals surface area (Å²) in [4.78, 5) is 0. The highest BCUT2D eigenvalue weighted by atomic mass is 16.5. The number of rotatable bonds is 3. The quantitative estimate of drug-likeness (QED) is 0.732. The van der Waals surface area contributed by atoms with Crippen LogP contribution >= 0.6 is 0 Å². The lowest BCUT2D eigenvalue weighted by Crippen LogP contribution is -2.34. The third kappa shape index (κ3) is 2.96. The lowest BCUT2D eigenvalue weighted by atomic mass is 9.69. The van der Waals surface area contributed by atoms with Crippen LogP contribution in [0.5, 0.6) is 0 Å². The van der Waals surface area contributed by atoms with Crippen LogP contribution in [-0.4, -0.2) is 24.4 Å². The van der Waals surface area contributed by atoms with Crippen LogP contribution in [-0.2, 0) is 4.74 Å². The van der Waals surface area contributed by atoms with Crippen LogP contribution in [0.2, 0.25) is 0 Å². The van der Waals surface area contributed by atoms with Gasteiger partial charge in [0.05, 0.1) is 19.3 Å². The van der Waals surface area contributed by atoms with Crippen molar-refractivity contribution in [2.45, 2.75) is 46.1 Å². The van der Waals surface area contributed by atoms with Gasteiger partial charge >= 0.3 is 0 Å². The topological polar surface area (TPSA) is 29.5 Å². The molecule has 1 aliphatic carbocycles. The zero-order valence-corrected chi connectivity index (χ0v) is 9.05. The molecule has 1 aliphatic rings. The van der Waals surface area contributed by atoms with Crippen LogP contribution in [0.1, 0.15) is 40.0 Å². The van der Waals surface area contributed by atoms with E-state index in [2.05, 4.69) is 20.8 Å². The second-order valence-corrected chi connectivity index (χ2v) is 4.88. The van der Waals surface area contributed by atoms with Gasteiger partial charge in [-0.25, -0.2) is 0 Å². The Morgan fingerprint density at radius 2 is 2.15 bits per heavy atom. The van der Waals surface area contributed by atoms with E-state index < -0.39 is 0 Å². The Labute approximate surface area is 81.3 Å². The lowest BCUT2D eigenvalue weighted by molar-refractivity contribution is -0.0318. The van der Waals surface area contributed by atoms with Crippen molar-refractivity contribution in [1.29, 1.82) is 0 Å². The van der Waals surface area contributed by atoms with Crippen LogP contribution in [0.3, 0.4) is 0 Å². The average Bonchev–Trinajstić information content (AvgIpc) is 2.07. The highest BCUT2D eigenvalue weighted by Crippen LogP contribution is 2.40. The molecular formula is C11H22O2. The van der Waals surface area contributed by atoms with Gasteiger partial charge in [0.15, 0.2) is 0 Å². The molecule has 0 unspecified atom stereocenters. The van der Waals surface area contributed by atoms with E-state index in [1.807, 2.05) is 0 Å². The lowest BCUT2D eigenvalue weighted by Gasteiger charge is -2.40. The first-order chi connectivity index (χ1) is 6.06. The highest BCUT2D eigenvalue weighted by Gasteiger charge is 2.33. The van der Waals surface area contributed by atoms with Crippen molar-refractivity contribution in [3.8, 4) is 0 Å². The molecule has 13 heavy (non-hydrogen) atoms. The molecule has 0 heterocycles. The summed E-state index contributed by atoms with van der Waals surface area (Å²) in [6.45, 7) is 7.61. The molecule has 78 valence electrons. The van der Waals surface area contributed by atoms with Gasteiger partial charge in [0.1, 0.15) is 0 Å². The molecule has 2 nitrogen and oxygen atoms in total. The first-order valence-corrected chi connectivity index (χ1v) is 5.28. The summed E-state index contributed by atoms with van der Waals surface area (Å²) >= 11 is 0. The highest BCUT2D eigenvalue weighted by molar-refractivity contribution is 4.84. The van der Waals surface area contributed by atoms with E-state index in [9.17, 15) is 0 Å². The summed E-state index contributed by atoms with van der Waals surface area (Å²) in [5, 5.41) is 8.64. The van der Waals surface area contributed by atoms with Gasteiger partial charge in [0, 0.05) is 0 Å². The molecule has 0 aromatic carbocycles. The minimum Gasteiger partial charge on any atom is -0.394 e. The summed E-state index contributed by atoms with van der Waals surface area (Å²) in [6.07, 6.45) is 3.92. The van der Waals surface area contributed by atoms with Crippen molar-refractivity contribution >= 4 is 0 Å². The van der Waals surface area contributed by atoms with E-state index in [-0.39, 0.29) is 6.61 Å². The zero-order chi connectivity index (χ0) is 9.90. The van der Waals surface area contributed by atoms with Gasteiger partial charge < -0.3 is 9.84 Å². The Morgan fingerprint density at radius 1 is 1.46 bits per heavy atom. The van der Waals surface area contributed by atoms with E-state index in [0.717, 1.165) is 18.8 Å². The summed E-state index contributed by atoms with van der Waals surface area (Å²) in [5.41, 5.74) is 0.471. The first-order valence-electron chi connectivity index (χ1n) is 5.28. The summed E-state index contributed by atoms with van der Waals surface area (Å²) in [5.74, 6) is 0.727. The number of hydrogen-bond acceptors (Lipinski definition) is 2. The van der Waals surface area contributed by atoms with Crippen LogP contribution in [0.25, 0.3) is 0 Å². The summed E-state index contributed by atoms with van der Waals surface area (Å²) < 4.78 is 5.55. The second kappa shape index (κ2) is 4.43. The van der Waals surface area contributed by atoms with Crippen molar-refractivity contribution in [3.63, 3.8) is 0 Å². The van der Waals surface area contributed by atoms with Gasteiger partial charge in [0.2, 0.25) is 0 Å². The third-order valence-electron chi connectivity index (χ3n) is 3.51. The van der Waals surface area contributed by atoms with Gasteiger partial charge in [0.25, 0.3) is 0 Å². The van der Waals surface area contributed by atoms with Gasteiger partial charge in [-0.2, -0.15) is 0 Å². The summed E-state index contributed by atoms with van der Waals surface area (Å²) in [7, 11) is 0. The monoisotopic (exact) mass is 186 g/mol. The molecule has 0 saturated heterocycles. The number of ether oxygens (including phenoxy) is 1. The SMILES string of the molecule is C[C@H]1C[C@@H](OCCO)CCC1(C)C. The van der Waals surface area contributed by atoms with E-state index in [4.69, 9.17) is 9.84 Å². The predicted molar refractivity (Wildman–Crippen MR) is 53.6 cm³/mol. The van der Waals surface area contributed by atoms with Crippen molar-refractivity contribution in [3.05, 3.63) is 0 Å². The van der Waals surface area contributed by atoms with Crippen LogP contribution in [0, 0.1) is 11.3 Å². The van der Waals surface area contributed by atoms with E-state index in [1.54, 1.807) is 0 Å². The normalized spacial score (nSPS) is 33.2. The number of aliphatic hydroxyl groups excluding tert-OH is 1. The standard InChI is InChI=1S/C11H22O2/c1-9-8-10(13-7-6-12)4-5-11(9,2)3/h9-10,12H,4-8H2,1-3H3/t9-,10-/m0/s1. The molecule has 1 rings (SSSR count). The van der Waals surface area contributed by atoms with Gasteiger partial charge in [-0.1, -0.05) is 20.8 Å². The van der Waals surface area contributed by atoms with Crippen LogP contribution < -0.4 is 0 Å². The maximum Gasteiger partial charge on any atom is 0.0701 e. The Kier molecular flexibility index (Phi) is 3.74. The van der Waals surface area contributed by atoms with Crippen molar-refractivity contribution in [2.24, 2.45) is 11.3 Å². The largest absolute Gasteiger partial charge is 0.394 e. The summed E-state index contributed by atoms with van der Waals surface area (Å²) in [6, 6.07) is 0. The molecular weight excluding hydrogens is 164 g/mol. The molecule has 2 heteroatoms. The Balaban J connectivity index is 2.33. The molecule has 0 aromatic rings. The number of hydrogen-bond donors (Lipinski definition) is 1. The van der Waals surface area contributed by atoms with Gasteiger partial charge in [-0.3, -0.25) is 0 Å².